The molecule has 4 aliphatic rings. The highest BCUT2D eigenvalue weighted by Gasteiger charge is 2.53. The van der Waals surface area contributed by atoms with Gasteiger partial charge in [-0.2, -0.15) is 0 Å². The van der Waals surface area contributed by atoms with Crippen LogP contribution in [0.5, 0.6) is 0 Å². The number of nitrogens with one attached hydrogen (secondary N) is 1. The van der Waals surface area contributed by atoms with Gasteiger partial charge >= 0.3 is 0 Å². The van der Waals surface area contributed by atoms with Crippen molar-refractivity contribution in [3.05, 3.63) is 33.8 Å². The van der Waals surface area contributed by atoms with Crippen LogP contribution >= 0.6 is 23.2 Å². The summed E-state index contributed by atoms with van der Waals surface area (Å²) in [5.41, 5.74) is 0.994. The SMILES string of the molecule is C[C@H](NC(=O)CO/N=C\c1ccc(Cl)cc1Cl)C12CC3CC(CC(C3)C1)C2. The first kappa shape index (κ1) is 19.1. The first-order valence-corrected chi connectivity index (χ1v) is 10.6. The first-order chi connectivity index (χ1) is 12.9. The second kappa shape index (κ2) is 7.63. The molecule has 6 heteroatoms. The van der Waals surface area contributed by atoms with E-state index >= 15 is 0 Å². The van der Waals surface area contributed by atoms with E-state index in [9.17, 15) is 4.79 Å². The molecule has 1 N–H and O–H groups in total. The van der Waals surface area contributed by atoms with Crippen LogP contribution < -0.4 is 5.32 Å². The Hall–Kier alpha value is -1.26. The van der Waals surface area contributed by atoms with Crippen LogP contribution in [-0.2, 0) is 9.63 Å². The molecule has 0 saturated heterocycles. The maximum Gasteiger partial charge on any atom is 0.261 e. The molecule has 0 aliphatic heterocycles. The van der Waals surface area contributed by atoms with Crippen LogP contribution in [0.25, 0.3) is 0 Å². The summed E-state index contributed by atoms with van der Waals surface area (Å²) in [7, 11) is 0. The van der Waals surface area contributed by atoms with Crippen molar-refractivity contribution in [2.24, 2.45) is 28.3 Å². The van der Waals surface area contributed by atoms with Gasteiger partial charge in [-0.1, -0.05) is 34.4 Å². The van der Waals surface area contributed by atoms with Crippen LogP contribution in [0, 0.1) is 23.2 Å². The van der Waals surface area contributed by atoms with Crippen molar-refractivity contribution >= 4 is 35.3 Å². The topological polar surface area (TPSA) is 50.7 Å². The molecule has 5 rings (SSSR count). The van der Waals surface area contributed by atoms with E-state index in [1.807, 2.05) is 0 Å². The third kappa shape index (κ3) is 4.12. The maximum atomic E-state index is 12.3. The Labute approximate surface area is 170 Å². The number of benzene rings is 1. The summed E-state index contributed by atoms with van der Waals surface area (Å²) in [6.07, 6.45) is 9.53. The molecule has 27 heavy (non-hydrogen) atoms. The Morgan fingerprint density at radius 2 is 1.89 bits per heavy atom. The van der Waals surface area contributed by atoms with Gasteiger partial charge in [-0.15, -0.1) is 0 Å². The average molecular weight is 409 g/mol. The van der Waals surface area contributed by atoms with Crippen LogP contribution in [0.2, 0.25) is 10.0 Å². The monoisotopic (exact) mass is 408 g/mol. The van der Waals surface area contributed by atoms with Gasteiger partial charge in [0.25, 0.3) is 5.91 Å². The van der Waals surface area contributed by atoms with E-state index in [2.05, 4.69) is 17.4 Å². The first-order valence-electron chi connectivity index (χ1n) is 9.83. The Bertz CT molecular complexity index is 714. The Kier molecular flexibility index (Phi) is 5.39. The van der Waals surface area contributed by atoms with E-state index in [0.29, 0.717) is 21.0 Å². The van der Waals surface area contributed by atoms with Gasteiger partial charge in [0.2, 0.25) is 0 Å². The Morgan fingerprint density at radius 1 is 1.26 bits per heavy atom. The predicted octanol–water partition coefficient (Wildman–Crippen LogP) is 5.07. The van der Waals surface area contributed by atoms with Gasteiger partial charge in [-0.3, -0.25) is 4.79 Å². The molecule has 0 heterocycles. The summed E-state index contributed by atoms with van der Waals surface area (Å²) in [6, 6.07) is 5.32. The van der Waals surface area contributed by atoms with Crippen LogP contribution in [0.3, 0.4) is 0 Å². The third-order valence-electron chi connectivity index (χ3n) is 6.81. The molecule has 0 radical (unpaired) electrons. The van der Waals surface area contributed by atoms with Crippen LogP contribution in [0.4, 0.5) is 0 Å². The number of oxime groups is 1. The molecule has 1 amide bonds. The quantitative estimate of drug-likeness (QED) is 0.527. The minimum Gasteiger partial charge on any atom is -0.386 e. The second-order valence-corrected chi connectivity index (χ2v) is 9.59. The molecule has 0 spiro atoms. The fraction of sp³-hybridized carbons (Fsp3) is 0.619. The molecule has 146 valence electrons. The van der Waals surface area contributed by atoms with Crippen molar-refractivity contribution in [2.75, 3.05) is 6.61 Å². The fourth-order valence-corrected chi connectivity index (χ4v) is 6.40. The lowest BCUT2D eigenvalue weighted by Crippen LogP contribution is -2.56. The van der Waals surface area contributed by atoms with Gasteiger partial charge in [-0.25, -0.2) is 0 Å². The number of carbonyl (C=O) groups is 1. The summed E-state index contributed by atoms with van der Waals surface area (Å²) < 4.78 is 0. The highest BCUT2D eigenvalue weighted by Crippen LogP contribution is 2.61. The lowest BCUT2D eigenvalue weighted by Gasteiger charge is -2.59. The zero-order valence-corrected chi connectivity index (χ0v) is 17.1. The minimum absolute atomic E-state index is 0.0849. The van der Waals surface area contributed by atoms with E-state index < -0.39 is 0 Å². The smallest absolute Gasteiger partial charge is 0.261 e. The zero-order chi connectivity index (χ0) is 19.0. The molecular weight excluding hydrogens is 383 g/mol. The number of hydrogen-bond acceptors (Lipinski definition) is 3. The standard InChI is InChI=1S/C21H26Cl2N2O2/c1-13(21-8-14-4-15(9-21)6-16(5-14)10-21)25-20(26)12-27-24-11-17-2-3-18(22)7-19(17)23/h2-3,7,11,13-16H,4-6,8-10,12H2,1H3,(H,25,26)/b24-11-/t13-,14?,15?,16?,21?/m0/s1. The van der Waals surface area contributed by atoms with E-state index in [4.69, 9.17) is 28.0 Å². The highest BCUT2D eigenvalue weighted by molar-refractivity contribution is 6.36. The van der Waals surface area contributed by atoms with Crippen molar-refractivity contribution in [2.45, 2.75) is 51.5 Å². The van der Waals surface area contributed by atoms with Gasteiger partial charge in [0.15, 0.2) is 6.61 Å². The molecule has 4 aliphatic carbocycles. The largest absolute Gasteiger partial charge is 0.386 e. The zero-order valence-electron chi connectivity index (χ0n) is 15.6. The highest BCUT2D eigenvalue weighted by atomic mass is 35.5. The molecule has 4 saturated carbocycles. The number of hydrogen-bond donors (Lipinski definition) is 1. The summed E-state index contributed by atoms with van der Waals surface area (Å²) >= 11 is 11.9. The summed E-state index contributed by atoms with van der Waals surface area (Å²) in [5.74, 6) is 2.51. The van der Waals surface area contributed by atoms with Gasteiger partial charge in [0.05, 0.1) is 11.2 Å². The number of nitrogens with zero attached hydrogens (tertiary/aromatic N) is 1. The lowest BCUT2D eigenvalue weighted by molar-refractivity contribution is -0.130. The number of carbonyl (C=O) groups excluding carboxylic acids is 1. The van der Waals surface area contributed by atoms with Gasteiger partial charge in [-0.05, 0) is 80.8 Å². The average Bonchev–Trinajstić information content (AvgIpc) is 2.59. The van der Waals surface area contributed by atoms with Crippen LogP contribution in [-0.4, -0.2) is 24.8 Å². The molecule has 4 fully saturated rings. The maximum absolute atomic E-state index is 12.3. The number of amides is 1. The summed E-state index contributed by atoms with van der Waals surface area (Å²) in [4.78, 5) is 17.5. The predicted molar refractivity (Wildman–Crippen MR) is 108 cm³/mol. The molecule has 0 unspecified atom stereocenters. The second-order valence-electron chi connectivity index (χ2n) is 8.74. The minimum atomic E-state index is -0.113. The van der Waals surface area contributed by atoms with Crippen LogP contribution in [0.15, 0.2) is 23.4 Å². The van der Waals surface area contributed by atoms with Crippen molar-refractivity contribution in [3.8, 4) is 0 Å². The number of halogens is 2. The molecule has 1 aromatic carbocycles. The number of rotatable bonds is 6. The van der Waals surface area contributed by atoms with Gasteiger partial charge in [0, 0.05) is 16.6 Å². The lowest BCUT2D eigenvalue weighted by atomic mass is 9.48. The van der Waals surface area contributed by atoms with Crippen molar-refractivity contribution in [1.82, 2.24) is 5.32 Å². The van der Waals surface area contributed by atoms with Gasteiger partial charge < -0.3 is 10.2 Å². The molecule has 0 aromatic heterocycles. The van der Waals surface area contributed by atoms with E-state index in [1.54, 1.807) is 18.2 Å². The Morgan fingerprint density at radius 3 is 2.48 bits per heavy atom. The molecule has 4 bridgehead atoms. The summed E-state index contributed by atoms with van der Waals surface area (Å²) in [6.45, 7) is 2.08. The molecule has 1 aromatic rings. The van der Waals surface area contributed by atoms with Crippen molar-refractivity contribution in [1.29, 1.82) is 0 Å². The van der Waals surface area contributed by atoms with Crippen LogP contribution in [0.1, 0.15) is 51.0 Å². The summed E-state index contributed by atoms with van der Waals surface area (Å²) in [5, 5.41) is 8.09. The van der Waals surface area contributed by atoms with Crippen molar-refractivity contribution < 1.29 is 9.63 Å². The molecule has 4 nitrogen and oxygen atoms in total. The van der Waals surface area contributed by atoms with Gasteiger partial charge in [0.1, 0.15) is 0 Å². The molecular formula is C21H26Cl2N2O2. The van der Waals surface area contributed by atoms with E-state index in [0.717, 1.165) is 17.8 Å². The van der Waals surface area contributed by atoms with E-state index in [-0.39, 0.29) is 18.6 Å². The van der Waals surface area contributed by atoms with E-state index in [1.165, 1.54) is 44.7 Å². The fourth-order valence-electron chi connectivity index (χ4n) is 5.94. The third-order valence-corrected chi connectivity index (χ3v) is 7.37. The normalized spacial score (nSPS) is 32.6. The molecule has 1 atom stereocenters. The Balaban J connectivity index is 1.27. The van der Waals surface area contributed by atoms with Crippen molar-refractivity contribution in [3.63, 3.8) is 0 Å².